The molecule has 0 saturated carbocycles. The first-order valence-electron chi connectivity index (χ1n) is 6.23. The first-order valence-corrected chi connectivity index (χ1v) is 7.04. The number of carbonyl (C=O) groups is 1. The maximum Gasteiger partial charge on any atom is 0.287 e. The third-order valence-corrected chi connectivity index (χ3v) is 3.88. The van der Waals surface area contributed by atoms with Gasteiger partial charge >= 0.3 is 0 Å². The Kier molecular flexibility index (Phi) is 3.81. The van der Waals surface area contributed by atoms with Crippen molar-refractivity contribution >= 4 is 17.2 Å². The Hall–Kier alpha value is -2.44. The van der Waals surface area contributed by atoms with Gasteiger partial charge in [0.1, 0.15) is 4.88 Å². The van der Waals surface area contributed by atoms with E-state index in [0.29, 0.717) is 21.3 Å². The molecule has 5 nitrogen and oxygen atoms in total. The van der Waals surface area contributed by atoms with Gasteiger partial charge in [-0.15, -0.1) is 11.3 Å². The van der Waals surface area contributed by atoms with Gasteiger partial charge in [0.2, 0.25) is 0 Å². The van der Waals surface area contributed by atoms with Crippen LogP contribution in [0.5, 0.6) is 0 Å². The summed E-state index contributed by atoms with van der Waals surface area (Å²) < 4.78 is 5.35. The van der Waals surface area contributed by atoms with Gasteiger partial charge < -0.3 is 4.42 Å². The largest absolute Gasteiger partial charge is 0.462 e. The van der Waals surface area contributed by atoms with Crippen LogP contribution < -0.4 is 5.48 Å². The fourth-order valence-corrected chi connectivity index (χ4v) is 2.85. The van der Waals surface area contributed by atoms with Crippen LogP contribution in [-0.4, -0.2) is 18.0 Å². The molecule has 6 heteroatoms. The fraction of sp³-hybridized carbons (Fsp3) is 0.0667. The molecular formula is C15H12N2O3S. The molecule has 0 aliphatic heterocycles. The van der Waals surface area contributed by atoms with Gasteiger partial charge in [-0.25, -0.2) is 10.5 Å². The topological polar surface area (TPSA) is 64.4 Å². The second-order valence-electron chi connectivity index (χ2n) is 4.18. The van der Waals surface area contributed by atoms with Gasteiger partial charge in [-0.3, -0.25) is 9.63 Å². The predicted octanol–water partition coefficient (Wildman–Crippen LogP) is 3.36. The molecule has 21 heavy (non-hydrogen) atoms. The Morgan fingerprint density at radius 3 is 2.71 bits per heavy atom. The maximum absolute atomic E-state index is 12.1. The fourth-order valence-electron chi connectivity index (χ4n) is 1.91. The Bertz CT molecular complexity index is 736. The lowest BCUT2D eigenvalue weighted by Gasteiger charge is -2.02. The van der Waals surface area contributed by atoms with Crippen LogP contribution in [0, 0.1) is 0 Å². The van der Waals surface area contributed by atoms with E-state index in [1.807, 2.05) is 36.4 Å². The lowest BCUT2D eigenvalue weighted by Crippen LogP contribution is -2.21. The Labute approximate surface area is 125 Å². The van der Waals surface area contributed by atoms with Gasteiger partial charge in [-0.1, -0.05) is 30.3 Å². The van der Waals surface area contributed by atoms with Crippen molar-refractivity contribution in [1.82, 2.24) is 10.5 Å². The second-order valence-corrected chi connectivity index (χ2v) is 5.17. The number of aromatic nitrogens is 1. The number of hydrogen-bond acceptors (Lipinski definition) is 5. The number of hydroxylamine groups is 1. The van der Waals surface area contributed by atoms with E-state index in [9.17, 15) is 4.79 Å². The summed E-state index contributed by atoms with van der Waals surface area (Å²) in [7, 11) is 1.40. The molecule has 0 radical (unpaired) electrons. The smallest absolute Gasteiger partial charge is 0.287 e. The molecule has 1 N–H and O–H groups in total. The highest BCUT2D eigenvalue weighted by molar-refractivity contribution is 7.17. The third-order valence-electron chi connectivity index (χ3n) is 2.81. The number of hydrogen-bond donors (Lipinski definition) is 1. The molecule has 0 bridgehead atoms. The molecule has 2 aromatic heterocycles. The summed E-state index contributed by atoms with van der Waals surface area (Å²) >= 11 is 1.26. The Morgan fingerprint density at radius 1 is 1.24 bits per heavy atom. The molecule has 1 amide bonds. The minimum absolute atomic E-state index is 0.327. The van der Waals surface area contributed by atoms with Crippen LogP contribution in [0.2, 0.25) is 0 Å². The summed E-state index contributed by atoms with van der Waals surface area (Å²) in [6.45, 7) is 0. The number of nitrogens with one attached hydrogen (secondary N) is 1. The van der Waals surface area contributed by atoms with E-state index < -0.39 is 0 Å². The number of amides is 1. The van der Waals surface area contributed by atoms with Crippen molar-refractivity contribution in [2.45, 2.75) is 0 Å². The summed E-state index contributed by atoms with van der Waals surface area (Å²) in [6, 6.07) is 13.1. The highest BCUT2D eigenvalue weighted by atomic mass is 32.1. The summed E-state index contributed by atoms with van der Waals surface area (Å²) in [4.78, 5) is 21.8. The average Bonchev–Trinajstić information content (AvgIpc) is 3.17. The maximum atomic E-state index is 12.1. The minimum atomic E-state index is -0.327. The second kappa shape index (κ2) is 5.90. The van der Waals surface area contributed by atoms with E-state index in [4.69, 9.17) is 9.25 Å². The third kappa shape index (κ3) is 2.72. The average molecular weight is 300 g/mol. The Balaban J connectivity index is 2.10. The monoisotopic (exact) mass is 300 g/mol. The van der Waals surface area contributed by atoms with Crippen LogP contribution in [0.25, 0.3) is 22.0 Å². The Morgan fingerprint density at radius 2 is 2.05 bits per heavy atom. The van der Waals surface area contributed by atoms with Crippen LogP contribution in [-0.2, 0) is 4.84 Å². The summed E-state index contributed by atoms with van der Waals surface area (Å²) in [6.07, 6.45) is 1.58. The van der Waals surface area contributed by atoms with Crippen molar-refractivity contribution in [2.75, 3.05) is 7.11 Å². The first kappa shape index (κ1) is 13.5. The highest BCUT2D eigenvalue weighted by Gasteiger charge is 2.21. The predicted molar refractivity (Wildman–Crippen MR) is 79.7 cm³/mol. The zero-order valence-electron chi connectivity index (χ0n) is 11.2. The van der Waals surface area contributed by atoms with Crippen molar-refractivity contribution in [2.24, 2.45) is 0 Å². The van der Waals surface area contributed by atoms with Gasteiger partial charge in [0.05, 0.1) is 19.1 Å². The van der Waals surface area contributed by atoms with Gasteiger partial charge in [-0.2, -0.15) is 0 Å². The number of benzene rings is 1. The summed E-state index contributed by atoms with van der Waals surface area (Å²) in [5, 5.41) is 0.653. The summed E-state index contributed by atoms with van der Waals surface area (Å²) in [5.41, 5.74) is 3.81. The number of nitrogens with zero attached hydrogens (tertiary/aromatic N) is 1. The van der Waals surface area contributed by atoms with Crippen molar-refractivity contribution in [3.05, 3.63) is 53.6 Å². The molecule has 0 aliphatic carbocycles. The minimum Gasteiger partial charge on any atom is -0.462 e. The van der Waals surface area contributed by atoms with Crippen molar-refractivity contribution < 1.29 is 14.0 Å². The van der Waals surface area contributed by atoms with E-state index in [1.54, 1.807) is 12.3 Å². The van der Waals surface area contributed by atoms with E-state index in [-0.39, 0.29) is 5.91 Å². The van der Waals surface area contributed by atoms with Crippen molar-refractivity contribution in [1.29, 1.82) is 0 Å². The lowest BCUT2D eigenvalue weighted by atomic mass is 10.1. The zero-order valence-corrected chi connectivity index (χ0v) is 12.0. The molecule has 3 rings (SSSR count). The highest BCUT2D eigenvalue weighted by Crippen LogP contribution is 2.33. The van der Waals surface area contributed by atoms with Gasteiger partial charge in [0.15, 0.2) is 10.8 Å². The van der Waals surface area contributed by atoms with Crippen LogP contribution in [0.4, 0.5) is 0 Å². The molecule has 0 atom stereocenters. The van der Waals surface area contributed by atoms with Crippen LogP contribution in [0.1, 0.15) is 9.67 Å². The quantitative estimate of drug-likeness (QED) is 0.750. The van der Waals surface area contributed by atoms with E-state index >= 15 is 0 Å². The molecule has 0 unspecified atom stereocenters. The number of carbonyl (C=O) groups excluding carboxylic acids is 1. The lowest BCUT2D eigenvalue weighted by molar-refractivity contribution is 0.0542. The van der Waals surface area contributed by atoms with Gasteiger partial charge in [0.25, 0.3) is 5.91 Å². The number of rotatable bonds is 4. The standard InChI is InChI=1S/C15H12N2O3S/c1-19-17-14(18)13-12(10-6-3-2-4-7-10)16-15(21-13)11-8-5-9-20-11/h2-9H,1H3,(H,17,18). The number of thiazole rings is 1. The summed E-state index contributed by atoms with van der Waals surface area (Å²) in [5.74, 6) is 0.306. The molecule has 106 valence electrons. The number of furan rings is 1. The van der Waals surface area contributed by atoms with Gasteiger partial charge in [0, 0.05) is 5.56 Å². The van der Waals surface area contributed by atoms with E-state index in [1.165, 1.54) is 18.4 Å². The van der Waals surface area contributed by atoms with E-state index in [0.717, 1.165) is 5.56 Å². The normalized spacial score (nSPS) is 10.5. The molecule has 3 aromatic rings. The molecule has 0 aliphatic rings. The van der Waals surface area contributed by atoms with Crippen LogP contribution in [0.3, 0.4) is 0 Å². The molecule has 0 spiro atoms. The molecule has 2 heterocycles. The van der Waals surface area contributed by atoms with Crippen molar-refractivity contribution in [3.8, 4) is 22.0 Å². The van der Waals surface area contributed by atoms with E-state index in [2.05, 4.69) is 10.5 Å². The molecular weight excluding hydrogens is 288 g/mol. The first-order chi connectivity index (χ1) is 10.3. The zero-order chi connectivity index (χ0) is 14.7. The van der Waals surface area contributed by atoms with Crippen LogP contribution in [0.15, 0.2) is 53.1 Å². The van der Waals surface area contributed by atoms with Gasteiger partial charge in [-0.05, 0) is 12.1 Å². The molecule has 0 saturated heterocycles. The van der Waals surface area contributed by atoms with Crippen LogP contribution >= 0.6 is 11.3 Å². The SMILES string of the molecule is CONC(=O)c1sc(-c2ccco2)nc1-c1ccccc1. The molecule has 0 fully saturated rings. The van der Waals surface area contributed by atoms with Crippen molar-refractivity contribution in [3.63, 3.8) is 0 Å². The molecule has 1 aromatic carbocycles.